The zero-order valence-corrected chi connectivity index (χ0v) is 23.3. The van der Waals surface area contributed by atoms with E-state index in [-0.39, 0.29) is 11.9 Å². The van der Waals surface area contributed by atoms with Crippen LogP contribution in [0.3, 0.4) is 0 Å². The Balaban J connectivity index is 1.77. The third-order valence-electron chi connectivity index (χ3n) is 5.71. The highest BCUT2D eigenvalue weighted by Crippen LogP contribution is 2.20. The molecular weight excluding hydrogens is 469 g/mol. The van der Waals surface area contributed by atoms with Crippen LogP contribution in [-0.4, -0.2) is 16.8 Å². The van der Waals surface area contributed by atoms with Crippen LogP contribution in [0.5, 0.6) is 0 Å². The van der Waals surface area contributed by atoms with Crippen LogP contribution in [0.2, 0.25) is 0 Å². The van der Waals surface area contributed by atoms with Crippen LogP contribution >= 0.6 is 11.8 Å². The van der Waals surface area contributed by atoms with Gasteiger partial charge in [0, 0.05) is 24.2 Å². The number of aromatic nitrogens is 1. The van der Waals surface area contributed by atoms with Crippen LogP contribution in [0.1, 0.15) is 73.1 Å². The normalized spacial score (nSPS) is 15.1. The molecule has 1 aliphatic rings. The molecule has 0 saturated heterocycles. The van der Waals surface area contributed by atoms with Gasteiger partial charge in [0.15, 0.2) is 0 Å². The second-order valence-corrected chi connectivity index (χ2v) is 10.4. The van der Waals surface area contributed by atoms with Gasteiger partial charge in [-0.25, -0.2) is 9.37 Å². The second kappa shape index (κ2) is 16.9. The average molecular weight is 512 g/mol. The number of allylic oxidation sites excluding steroid dienone is 7. The first-order valence-electron chi connectivity index (χ1n) is 12.7. The molecule has 0 aliphatic carbocycles. The van der Waals surface area contributed by atoms with Crippen molar-refractivity contribution < 1.29 is 9.13 Å². The van der Waals surface area contributed by atoms with Crippen molar-refractivity contribution in [3.63, 3.8) is 0 Å². The molecule has 1 unspecified atom stereocenters. The lowest BCUT2D eigenvalue weighted by Crippen LogP contribution is -2.32. The second-order valence-electron chi connectivity index (χ2n) is 9.51. The van der Waals surface area contributed by atoms with Crippen LogP contribution in [0.4, 0.5) is 10.2 Å². The summed E-state index contributed by atoms with van der Waals surface area (Å²) in [6.07, 6.45) is 20.1. The lowest BCUT2D eigenvalue weighted by atomic mass is 10.0. The van der Waals surface area contributed by atoms with E-state index in [1.165, 1.54) is 40.6 Å². The third-order valence-corrected chi connectivity index (χ3v) is 6.81. The highest BCUT2D eigenvalue weighted by atomic mass is 32.2. The number of pyridine rings is 1. The van der Waals surface area contributed by atoms with Gasteiger partial charge in [-0.3, -0.25) is 0 Å². The highest BCUT2D eigenvalue weighted by molar-refractivity contribution is 8.02. The average Bonchev–Trinajstić information content (AvgIpc) is 2.84. The van der Waals surface area contributed by atoms with E-state index in [9.17, 15) is 4.39 Å². The quantitative estimate of drug-likeness (QED) is 0.230. The topological polar surface area (TPSA) is 46.2 Å². The number of nitrogens with one attached hydrogen (secondary N) is 2. The van der Waals surface area contributed by atoms with E-state index in [2.05, 4.69) is 73.9 Å². The van der Waals surface area contributed by atoms with Crippen molar-refractivity contribution in [1.29, 1.82) is 0 Å². The summed E-state index contributed by atoms with van der Waals surface area (Å²) < 4.78 is 18.9. The van der Waals surface area contributed by atoms with E-state index in [1.54, 1.807) is 30.5 Å². The molecule has 1 aromatic heterocycles. The van der Waals surface area contributed by atoms with Crippen molar-refractivity contribution in [3.05, 3.63) is 94.5 Å². The Bertz CT molecular complexity index is 1000. The summed E-state index contributed by atoms with van der Waals surface area (Å²) in [6.45, 7) is 11.0. The maximum absolute atomic E-state index is 13.6. The molecular formula is C30H42FN3OS. The molecule has 2 rings (SSSR count). The minimum atomic E-state index is -0.314. The Morgan fingerprint density at radius 2 is 1.69 bits per heavy atom. The standard InChI is InChI=1S/C30H42FN3OS/c1-23(2)9-6-10-24(3)11-7-12-25(4)13-8-14-26(5)21-36-22-29(28-20-35-18-17-32-28)34-30-19-27(31)15-16-33-30/h9,11,13,15-21,29,32H,6-8,10,12,14,22H2,1-5H3,(H,33,34). The summed E-state index contributed by atoms with van der Waals surface area (Å²) in [5.41, 5.74) is 6.57. The van der Waals surface area contributed by atoms with E-state index in [4.69, 9.17) is 4.74 Å². The van der Waals surface area contributed by atoms with Crippen LogP contribution < -0.4 is 10.6 Å². The van der Waals surface area contributed by atoms with Gasteiger partial charge >= 0.3 is 0 Å². The van der Waals surface area contributed by atoms with Gasteiger partial charge in [-0.15, -0.1) is 11.8 Å². The molecule has 6 heteroatoms. The fourth-order valence-electron chi connectivity index (χ4n) is 3.60. The first-order chi connectivity index (χ1) is 17.3. The molecule has 0 amide bonds. The third kappa shape index (κ3) is 12.8. The van der Waals surface area contributed by atoms with Gasteiger partial charge in [-0.1, -0.05) is 40.5 Å². The van der Waals surface area contributed by atoms with E-state index < -0.39 is 0 Å². The molecule has 0 spiro atoms. The Morgan fingerprint density at radius 1 is 1.03 bits per heavy atom. The lowest BCUT2D eigenvalue weighted by molar-refractivity contribution is 0.379. The van der Waals surface area contributed by atoms with Crippen molar-refractivity contribution >= 4 is 17.6 Å². The number of ether oxygens (including phenoxy) is 1. The summed E-state index contributed by atoms with van der Waals surface area (Å²) >= 11 is 1.73. The molecule has 1 aliphatic heterocycles. The molecule has 0 fully saturated rings. The molecule has 4 nitrogen and oxygen atoms in total. The van der Waals surface area contributed by atoms with Crippen molar-refractivity contribution in [2.45, 2.75) is 79.2 Å². The van der Waals surface area contributed by atoms with Gasteiger partial charge in [0.25, 0.3) is 0 Å². The Morgan fingerprint density at radius 3 is 2.31 bits per heavy atom. The van der Waals surface area contributed by atoms with Crippen molar-refractivity contribution in [3.8, 4) is 0 Å². The molecule has 1 aromatic rings. The number of thioether (sulfide) groups is 1. The summed E-state index contributed by atoms with van der Waals surface area (Å²) in [5.74, 6) is 0.933. The zero-order chi connectivity index (χ0) is 26.2. The predicted molar refractivity (Wildman–Crippen MR) is 154 cm³/mol. The number of hydrogen-bond donors (Lipinski definition) is 2. The van der Waals surface area contributed by atoms with E-state index in [0.29, 0.717) is 5.82 Å². The van der Waals surface area contributed by atoms with Crippen LogP contribution in [0, 0.1) is 5.82 Å². The molecule has 0 radical (unpaired) electrons. The SMILES string of the molecule is CC(C)=CCCC(C)=CCCC(C)=CCCC(C)=CSCC(Nc1cc(F)ccn1)C1=COC=CN1. The molecule has 196 valence electrons. The molecule has 2 N–H and O–H groups in total. The van der Waals surface area contributed by atoms with E-state index >= 15 is 0 Å². The zero-order valence-electron chi connectivity index (χ0n) is 22.4. The monoisotopic (exact) mass is 511 g/mol. The van der Waals surface area contributed by atoms with Crippen LogP contribution in [0.15, 0.2) is 88.7 Å². The van der Waals surface area contributed by atoms with Gasteiger partial charge in [0.05, 0.1) is 11.7 Å². The highest BCUT2D eigenvalue weighted by Gasteiger charge is 2.16. The van der Waals surface area contributed by atoms with Gasteiger partial charge < -0.3 is 15.4 Å². The lowest BCUT2D eigenvalue weighted by Gasteiger charge is -2.23. The van der Waals surface area contributed by atoms with E-state index in [0.717, 1.165) is 50.0 Å². The fourth-order valence-corrected chi connectivity index (χ4v) is 4.55. The van der Waals surface area contributed by atoms with Crippen LogP contribution in [-0.2, 0) is 4.74 Å². The Hall–Kier alpha value is -2.73. The smallest absolute Gasteiger partial charge is 0.129 e. The Labute approximate surface area is 221 Å². The number of rotatable bonds is 15. The summed E-state index contributed by atoms with van der Waals surface area (Å²) in [7, 11) is 0. The minimum absolute atomic E-state index is 0.0982. The maximum atomic E-state index is 13.6. The molecule has 0 saturated carbocycles. The van der Waals surface area contributed by atoms with Gasteiger partial charge in [0.1, 0.15) is 24.2 Å². The maximum Gasteiger partial charge on any atom is 0.129 e. The minimum Gasteiger partial charge on any atom is -0.469 e. The Kier molecular flexibility index (Phi) is 13.8. The first-order valence-corrected chi connectivity index (χ1v) is 13.8. The fraction of sp³-hybridized carbons (Fsp3) is 0.433. The number of nitrogens with zero attached hydrogens (tertiary/aromatic N) is 1. The molecule has 0 aromatic carbocycles. The summed E-state index contributed by atoms with van der Waals surface area (Å²) in [4.78, 5) is 4.22. The van der Waals surface area contributed by atoms with Crippen molar-refractivity contribution in [1.82, 2.24) is 10.3 Å². The summed E-state index contributed by atoms with van der Waals surface area (Å²) in [5, 5.41) is 8.72. The number of hydrogen-bond acceptors (Lipinski definition) is 5. The number of anilines is 1. The van der Waals surface area contributed by atoms with Crippen molar-refractivity contribution in [2.75, 3.05) is 11.1 Å². The largest absolute Gasteiger partial charge is 0.469 e. The van der Waals surface area contributed by atoms with Crippen LogP contribution in [0.25, 0.3) is 0 Å². The molecule has 0 bridgehead atoms. The number of halogens is 1. The van der Waals surface area contributed by atoms with E-state index in [1.807, 2.05) is 0 Å². The molecule has 1 atom stereocenters. The molecule has 36 heavy (non-hydrogen) atoms. The molecule has 2 heterocycles. The van der Waals surface area contributed by atoms with Gasteiger partial charge in [0.2, 0.25) is 0 Å². The van der Waals surface area contributed by atoms with Crippen molar-refractivity contribution in [2.24, 2.45) is 0 Å². The summed E-state index contributed by atoms with van der Waals surface area (Å²) in [6, 6.07) is 2.64. The first kappa shape index (κ1) is 29.5. The predicted octanol–water partition coefficient (Wildman–Crippen LogP) is 8.77. The van der Waals surface area contributed by atoms with Gasteiger partial charge in [-0.2, -0.15) is 0 Å². The van der Waals surface area contributed by atoms with Gasteiger partial charge in [-0.05, 0) is 84.6 Å².